The van der Waals surface area contributed by atoms with E-state index in [2.05, 4.69) is 5.32 Å². The second kappa shape index (κ2) is 8.41. The van der Waals surface area contributed by atoms with E-state index in [0.29, 0.717) is 52.1 Å². The molecule has 8 nitrogen and oxygen atoms in total. The fourth-order valence-corrected chi connectivity index (χ4v) is 6.16. The van der Waals surface area contributed by atoms with Gasteiger partial charge in [0, 0.05) is 51.4 Å². The molecule has 0 spiro atoms. The van der Waals surface area contributed by atoms with Gasteiger partial charge in [0.1, 0.15) is 0 Å². The maximum atomic E-state index is 12.8. The van der Waals surface area contributed by atoms with Crippen molar-refractivity contribution < 1.29 is 18.0 Å². The maximum absolute atomic E-state index is 12.8. The van der Waals surface area contributed by atoms with Crippen molar-refractivity contribution in [2.24, 2.45) is 0 Å². The zero-order valence-electron chi connectivity index (χ0n) is 16.5. The Hall–Kier alpha value is -1.97. The van der Waals surface area contributed by atoms with Crippen molar-refractivity contribution in [3.05, 3.63) is 29.8 Å². The van der Waals surface area contributed by atoms with Gasteiger partial charge in [-0.05, 0) is 37.3 Å². The van der Waals surface area contributed by atoms with Gasteiger partial charge in [-0.15, -0.1) is 0 Å². The van der Waals surface area contributed by atoms with Crippen LogP contribution in [-0.4, -0.2) is 73.0 Å². The van der Waals surface area contributed by atoms with Crippen LogP contribution in [0.3, 0.4) is 0 Å². The van der Waals surface area contributed by atoms with Crippen molar-refractivity contribution in [1.82, 2.24) is 13.5 Å². The molecular formula is C20H28N4O4S. The second-order valence-electron chi connectivity index (χ2n) is 7.92. The van der Waals surface area contributed by atoms with E-state index < -0.39 is 10.2 Å². The number of amides is 2. The number of rotatable bonds is 5. The molecular weight excluding hydrogens is 392 g/mol. The molecule has 1 aromatic carbocycles. The summed E-state index contributed by atoms with van der Waals surface area (Å²) in [4.78, 5) is 26.7. The summed E-state index contributed by atoms with van der Waals surface area (Å²) in [5.41, 5.74) is 1.77. The molecule has 0 radical (unpaired) electrons. The van der Waals surface area contributed by atoms with Gasteiger partial charge in [0.2, 0.25) is 11.8 Å². The van der Waals surface area contributed by atoms with E-state index in [-0.39, 0.29) is 24.2 Å². The maximum Gasteiger partial charge on any atom is 0.282 e. The van der Waals surface area contributed by atoms with Gasteiger partial charge in [0.25, 0.3) is 10.2 Å². The molecule has 158 valence electrons. The molecule has 0 bridgehead atoms. The summed E-state index contributed by atoms with van der Waals surface area (Å²) in [6.45, 7) is 2.91. The highest BCUT2D eigenvalue weighted by atomic mass is 32.2. The van der Waals surface area contributed by atoms with Crippen molar-refractivity contribution in [3.8, 4) is 0 Å². The minimum atomic E-state index is -3.42. The lowest BCUT2D eigenvalue weighted by Crippen LogP contribution is -2.44. The summed E-state index contributed by atoms with van der Waals surface area (Å²) in [5, 5.41) is 2.87. The molecule has 2 saturated heterocycles. The molecule has 9 heteroatoms. The van der Waals surface area contributed by atoms with E-state index in [9.17, 15) is 18.0 Å². The van der Waals surface area contributed by atoms with Crippen LogP contribution < -0.4 is 5.32 Å². The standard InChI is InChI=1S/C20H28N4O4S/c25-19(9-8-17-16-6-1-2-7-18(16)21-20(17)26)22-10-5-13-24(15-14-22)29(27,28)23-11-3-4-12-23/h1-2,6-7,17H,3-5,8-15H2,(H,21,26). The summed E-state index contributed by atoms with van der Waals surface area (Å²) >= 11 is 0. The molecule has 1 N–H and O–H groups in total. The number of para-hydroxylation sites is 1. The first kappa shape index (κ1) is 20.3. The van der Waals surface area contributed by atoms with Crippen LogP contribution in [0.25, 0.3) is 0 Å². The highest BCUT2D eigenvalue weighted by Crippen LogP contribution is 2.35. The number of benzene rings is 1. The lowest BCUT2D eigenvalue weighted by Gasteiger charge is -2.26. The number of nitrogens with zero attached hydrogens (tertiary/aromatic N) is 3. The molecule has 1 aromatic rings. The van der Waals surface area contributed by atoms with Crippen molar-refractivity contribution in [1.29, 1.82) is 0 Å². The Morgan fingerprint density at radius 3 is 2.45 bits per heavy atom. The van der Waals surface area contributed by atoms with E-state index in [1.807, 2.05) is 24.3 Å². The van der Waals surface area contributed by atoms with Gasteiger partial charge in [-0.1, -0.05) is 18.2 Å². The molecule has 3 aliphatic rings. The Morgan fingerprint density at radius 2 is 1.66 bits per heavy atom. The fourth-order valence-electron chi connectivity index (χ4n) is 4.44. The summed E-state index contributed by atoms with van der Waals surface area (Å²) in [5.74, 6) is -0.366. The van der Waals surface area contributed by atoms with Gasteiger partial charge in [0.05, 0.1) is 5.92 Å². The lowest BCUT2D eigenvalue weighted by molar-refractivity contribution is -0.131. The summed E-state index contributed by atoms with van der Waals surface area (Å²) in [6.07, 6.45) is 3.20. The minimum Gasteiger partial charge on any atom is -0.341 e. The zero-order chi connectivity index (χ0) is 20.4. The van der Waals surface area contributed by atoms with Crippen LogP contribution in [0, 0.1) is 0 Å². The molecule has 0 aromatic heterocycles. The average Bonchev–Trinajstić information content (AvgIpc) is 3.27. The van der Waals surface area contributed by atoms with E-state index in [4.69, 9.17) is 0 Å². The van der Waals surface area contributed by atoms with Crippen LogP contribution in [0.4, 0.5) is 5.69 Å². The SMILES string of the molecule is O=C1Nc2ccccc2C1CCC(=O)N1CCCN(S(=O)(=O)N2CCCC2)CC1. The smallest absolute Gasteiger partial charge is 0.282 e. The van der Waals surface area contributed by atoms with Crippen LogP contribution in [0.5, 0.6) is 0 Å². The zero-order valence-corrected chi connectivity index (χ0v) is 17.4. The predicted molar refractivity (Wildman–Crippen MR) is 110 cm³/mol. The largest absolute Gasteiger partial charge is 0.341 e. The van der Waals surface area contributed by atoms with Crippen molar-refractivity contribution in [3.63, 3.8) is 0 Å². The number of nitrogens with one attached hydrogen (secondary N) is 1. The number of carbonyl (C=O) groups is 2. The fraction of sp³-hybridized carbons (Fsp3) is 0.600. The first-order chi connectivity index (χ1) is 14.0. The van der Waals surface area contributed by atoms with Crippen LogP contribution in [0.15, 0.2) is 24.3 Å². The van der Waals surface area contributed by atoms with Gasteiger partial charge in [-0.25, -0.2) is 0 Å². The molecule has 29 heavy (non-hydrogen) atoms. The van der Waals surface area contributed by atoms with Crippen molar-refractivity contribution in [2.75, 3.05) is 44.6 Å². The van der Waals surface area contributed by atoms with Crippen molar-refractivity contribution in [2.45, 2.75) is 38.0 Å². The first-order valence-electron chi connectivity index (χ1n) is 10.4. The Labute approximate surface area is 172 Å². The first-order valence-corrected chi connectivity index (χ1v) is 11.8. The molecule has 3 heterocycles. The lowest BCUT2D eigenvalue weighted by atomic mass is 9.95. The summed E-state index contributed by atoms with van der Waals surface area (Å²) in [7, 11) is -3.42. The number of fused-ring (bicyclic) bond motifs is 1. The van der Waals surface area contributed by atoms with E-state index in [1.54, 1.807) is 9.21 Å². The number of hydrogen-bond donors (Lipinski definition) is 1. The Bertz CT molecular complexity index is 882. The van der Waals surface area contributed by atoms with Gasteiger partial charge >= 0.3 is 0 Å². The molecule has 0 aliphatic carbocycles. The highest BCUT2D eigenvalue weighted by molar-refractivity contribution is 7.86. The van der Waals surface area contributed by atoms with Gasteiger partial charge < -0.3 is 10.2 Å². The van der Waals surface area contributed by atoms with Gasteiger partial charge in [-0.2, -0.15) is 17.0 Å². The number of carbonyl (C=O) groups excluding carboxylic acids is 2. The third-order valence-electron chi connectivity index (χ3n) is 6.08. The van der Waals surface area contributed by atoms with Crippen LogP contribution in [0.2, 0.25) is 0 Å². The van der Waals surface area contributed by atoms with E-state index in [0.717, 1.165) is 24.1 Å². The molecule has 1 unspecified atom stereocenters. The number of anilines is 1. The third kappa shape index (κ3) is 4.17. The molecule has 1 atom stereocenters. The van der Waals surface area contributed by atoms with Gasteiger partial charge in [-0.3, -0.25) is 9.59 Å². The van der Waals surface area contributed by atoms with E-state index in [1.165, 1.54) is 4.31 Å². The molecule has 3 aliphatic heterocycles. The van der Waals surface area contributed by atoms with Gasteiger partial charge in [0.15, 0.2) is 0 Å². The Kier molecular flexibility index (Phi) is 5.89. The van der Waals surface area contributed by atoms with Crippen LogP contribution >= 0.6 is 0 Å². The predicted octanol–water partition coefficient (Wildman–Crippen LogP) is 1.38. The average molecular weight is 421 g/mol. The quantitative estimate of drug-likeness (QED) is 0.779. The summed E-state index contributed by atoms with van der Waals surface area (Å²) in [6, 6.07) is 7.58. The van der Waals surface area contributed by atoms with E-state index >= 15 is 0 Å². The molecule has 4 rings (SSSR count). The second-order valence-corrected chi connectivity index (χ2v) is 9.84. The highest BCUT2D eigenvalue weighted by Gasteiger charge is 2.34. The molecule has 2 amide bonds. The topological polar surface area (TPSA) is 90.0 Å². The summed E-state index contributed by atoms with van der Waals surface area (Å²) < 4.78 is 28.6. The van der Waals surface area contributed by atoms with Crippen LogP contribution in [-0.2, 0) is 19.8 Å². The monoisotopic (exact) mass is 420 g/mol. The third-order valence-corrected chi connectivity index (χ3v) is 8.12. The molecule has 2 fully saturated rings. The van der Waals surface area contributed by atoms with Crippen molar-refractivity contribution >= 4 is 27.7 Å². The normalized spacial score (nSPS) is 23.7. The van der Waals surface area contributed by atoms with Crippen LogP contribution in [0.1, 0.15) is 43.6 Å². The number of hydrogen-bond acceptors (Lipinski definition) is 4. The molecule has 0 saturated carbocycles. The Balaban J connectivity index is 1.33. The minimum absolute atomic E-state index is 0.0115. The Morgan fingerprint density at radius 1 is 0.966 bits per heavy atom.